The minimum absolute atomic E-state index is 0.124. The van der Waals surface area contributed by atoms with Crippen LogP contribution in [0.5, 0.6) is 0 Å². The van der Waals surface area contributed by atoms with Gasteiger partial charge in [-0.1, -0.05) is 18.2 Å². The Bertz CT molecular complexity index is 637. The number of rotatable bonds is 0. The second kappa shape index (κ2) is 3.35. The summed E-state index contributed by atoms with van der Waals surface area (Å²) in [5.41, 5.74) is 1.66. The number of para-hydroxylation sites is 1. The van der Waals surface area contributed by atoms with Crippen LogP contribution in [0.4, 0.5) is 0 Å². The Morgan fingerprint density at radius 1 is 1.19 bits per heavy atom. The van der Waals surface area contributed by atoms with Gasteiger partial charge in [-0.3, -0.25) is 0 Å². The Hall–Kier alpha value is -1.29. The molecule has 16 heavy (non-hydrogen) atoms. The van der Waals surface area contributed by atoms with E-state index in [1.54, 1.807) is 0 Å². The highest BCUT2D eigenvalue weighted by Crippen LogP contribution is 2.30. The predicted molar refractivity (Wildman–Crippen MR) is 62.0 cm³/mol. The fraction of sp³-hybridized carbons (Fsp3) is 0.333. The third kappa shape index (κ3) is 1.53. The molecule has 0 saturated heterocycles. The van der Waals surface area contributed by atoms with E-state index in [1.807, 2.05) is 24.3 Å². The highest BCUT2D eigenvalue weighted by atomic mass is 32.2. The minimum Gasteiger partial charge on any atom is -0.461 e. The van der Waals surface area contributed by atoms with E-state index in [2.05, 4.69) is 0 Å². The van der Waals surface area contributed by atoms with Crippen LogP contribution >= 0.6 is 0 Å². The molecule has 3 rings (SSSR count). The van der Waals surface area contributed by atoms with Crippen molar-refractivity contribution in [2.45, 2.75) is 18.6 Å². The van der Waals surface area contributed by atoms with E-state index in [1.165, 1.54) is 0 Å². The third-order valence-corrected chi connectivity index (χ3v) is 4.64. The fourth-order valence-electron chi connectivity index (χ4n) is 2.25. The molecule has 0 saturated carbocycles. The van der Waals surface area contributed by atoms with Crippen LogP contribution in [-0.2, 0) is 22.0 Å². The summed E-state index contributed by atoms with van der Waals surface area (Å²) in [7, 11) is -2.95. The molecule has 0 bridgehead atoms. The van der Waals surface area contributed by atoms with Crippen LogP contribution in [0, 0.1) is 0 Å². The Labute approximate surface area is 94.0 Å². The molecule has 1 aliphatic rings. The van der Waals surface area contributed by atoms with Gasteiger partial charge in [0.1, 0.15) is 11.3 Å². The molecule has 4 heteroatoms. The normalized spacial score (nSPS) is 19.2. The molecule has 0 amide bonds. The molecule has 0 N–H and O–H groups in total. The summed E-state index contributed by atoms with van der Waals surface area (Å²) in [5, 5.41) is 0.947. The maximum absolute atomic E-state index is 11.7. The Balaban J connectivity index is 2.27. The number of hydrogen-bond donors (Lipinski definition) is 0. The first-order valence-corrected chi connectivity index (χ1v) is 7.17. The molecular formula is C12H12O3S. The van der Waals surface area contributed by atoms with Crippen molar-refractivity contribution in [2.24, 2.45) is 0 Å². The van der Waals surface area contributed by atoms with Crippen molar-refractivity contribution in [1.82, 2.24) is 0 Å². The van der Waals surface area contributed by atoms with E-state index in [0.29, 0.717) is 6.42 Å². The summed E-state index contributed by atoms with van der Waals surface area (Å²) < 4.78 is 29.2. The molecule has 2 aromatic rings. The van der Waals surface area contributed by atoms with Gasteiger partial charge in [-0.25, -0.2) is 8.42 Å². The topological polar surface area (TPSA) is 47.3 Å². The van der Waals surface area contributed by atoms with Crippen molar-refractivity contribution in [3.05, 3.63) is 35.6 Å². The molecule has 0 spiro atoms. The predicted octanol–water partition coefficient (Wildman–Crippen LogP) is 2.29. The Kier molecular flexibility index (Phi) is 2.07. The standard InChI is InChI=1S/C12H12O3S/c13-16(14)7-3-6-12-10(8-16)9-4-1-2-5-11(9)15-12/h1-2,4-5H,3,6-8H2. The van der Waals surface area contributed by atoms with Gasteiger partial charge >= 0.3 is 0 Å². The van der Waals surface area contributed by atoms with Crippen LogP contribution in [0.1, 0.15) is 17.7 Å². The van der Waals surface area contributed by atoms with Crippen LogP contribution in [-0.4, -0.2) is 14.2 Å². The molecule has 84 valence electrons. The summed E-state index contributed by atoms with van der Waals surface area (Å²) >= 11 is 0. The SMILES string of the molecule is O=S1(=O)CCCc2oc3ccccc3c2C1. The zero-order valence-corrected chi connectivity index (χ0v) is 9.59. The largest absolute Gasteiger partial charge is 0.461 e. The Morgan fingerprint density at radius 2 is 2.00 bits per heavy atom. The zero-order valence-electron chi connectivity index (χ0n) is 8.77. The quantitative estimate of drug-likeness (QED) is 0.705. The van der Waals surface area contributed by atoms with Gasteiger partial charge < -0.3 is 4.42 Å². The van der Waals surface area contributed by atoms with E-state index in [-0.39, 0.29) is 11.5 Å². The van der Waals surface area contributed by atoms with Crippen LogP contribution in [0.25, 0.3) is 11.0 Å². The average Bonchev–Trinajstić information content (AvgIpc) is 2.48. The lowest BCUT2D eigenvalue weighted by molar-refractivity contribution is 0.542. The summed E-state index contributed by atoms with van der Waals surface area (Å²) in [6.45, 7) is 0. The zero-order chi connectivity index (χ0) is 11.2. The van der Waals surface area contributed by atoms with Gasteiger partial charge in [0.15, 0.2) is 9.84 Å². The number of sulfone groups is 1. The molecule has 0 aliphatic carbocycles. The van der Waals surface area contributed by atoms with Crippen molar-refractivity contribution >= 4 is 20.8 Å². The van der Waals surface area contributed by atoms with Gasteiger partial charge in [0.05, 0.1) is 11.5 Å². The van der Waals surface area contributed by atoms with E-state index < -0.39 is 9.84 Å². The molecule has 1 aromatic carbocycles. The van der Waals surface area contributed by atoms with Crippen molar-refractivity contribution < 1.29 is 12.8 Å². The molecule has 0 fully saturated rings. The number of furan rings is 1. The van der Waals surface area contributed by atoms with Crippen molar-refractivity contribution in [2.75, 3.05) is 5.75 Å². The Morgan fingerprint density at radius 3 is 2.88 bits per heavy atom. The number of hydrogen-bond acceptors (Lipinski definition) is 3. The lowest BCUT2D eigenvalue weighted by Crippen LogP contribution is -2.06. The van der Waals surface area contributed by atoms with Crippen LogP contribution in [0.3, 0.4) is 0 Å². The van der Waals surface area contributed by atoms with Gasteiger partial charge in [0, 0.05) is 17.4 Å². The summed E-state index contributed by atoms with van der Waals surface area (Å²) in [4.78, 5) is 0. The second-order valence-corrected chi connectivity index (χ2v) is 6.38. The number of benzene rings is 1. The number of aryl methyl sites for hydroxylation is 1. The highest BCUT2D eigenvalue weighted by molar-refractivity contribution is 7.90. The first-order chi connectivity index (χ1) is 7.66. The molecule has 1 aliphatic heterocycles. The first-order valence-electron chi connectivity index (χ1n) is 5.35. The van der Waals surface area contributed by atoms with Crippen LogP contribution in [0.2, 0.25) is 0 Å². The van der Waals surface area contributed by atoms with Crippen molar-refractivity contribution in [1.29, 1.82) is 0 Å². The molecular weight excluding hydrogens is 224 g/mol. The molecule has 2 heterocycles. The average molecular weight is 236 g/mol. The van der Waals surface area contributed by atoms with Gasteiger partial charge in [0.2, 0.25) is 0 Å². The lowest BCUT2D eigenvalue weighted by atomic mass is 10.1. The molecule has 3 nitrogen and oxygen atoms in total. The molecule has 0 atom stereocenters. The second-order valence-electron chi connectivity index (χ2n) is 4.20. The minimum atomic E-state index is -2.95. The highest BCUT2D eigenvalue weighted by Gasteiger charge is 2.24. The van der Waals surface area contributed by atoms with Crippen LogP contribution in [0.15, 0.2) is 28.7 Å². The molecule has 0 radical (unpaired) electrons. The fourth-order valence-corrected chi connectivity index (χ4v) is 3.74. The third-order valence-electron chi connectivity index (χ3n) is 3.01. The first kappa shape index (κ1) is 9.90. The van der Waals surface area contributed by atoms with Crippen molar-refractivity contribution in [3.63, 3.8) is 0 Å². The maximum atomic E-state index is 11.7. The summed E-state index contributed by atoms with van der Waals surface area (Å²) in [6.07, 6.45) is 1.39. The van der Waals surface area contributed by atoms with E-state index >= 15 is 0 Å². The molecule has 0 unspecified atom stereocenters. The lowest BCUT2D eigenvalue weighted by Gasteiger charge is -1.97. The van der Waals surface area contributed by atoms with Gasteiger partial charge in [-0.15, -0.1) is 0 Å². The van der Waals surface area contributed by atoms with Crippen molar-refractivity contribution in [3.8, 4) is 0 Å². The molecule has 1 aromatic heterocycles. The van der Waals surface area contributed by atoms with E-state index in [4.69, 9.17) is 4.42 Å². The number of fused-ring (bicyclic) bond motifs is 3. The summed E-state index contributed by atoms with van der Waals surface area (Å²) in [6, 6.07) is 7.63. The maximum Gasteiger partial charge on any atom is 0.154 e. The smallest absolute Gasteiger partial charge is 0.154 e. The monoisotopic (exact) mass is 236 g/mol. The summed E-state index contributed by atoms with van der Waals surface area (Å²) in [5.74, 6) is 1.24. The van der Waals surface area contributed by atoms with Gasteiger partial charge in [0.25, 0.3) is 0 Å². The van der Waals surface area contributed by atoms with E-state index in [0.717, 1.165) is 28.7 Å². The van der Waals surface area contributed by atoms with Crippen LogP contribution < -0.4 is 0 Å². The van der Waals surface area contributed by atoms with Gasteiger partial charge in [-0.05, 0) is 12.5 Å². The van der Waals surface area contributed by atoms with Gasteiger partial charge in [-0.2, -0.15) is 0 Å². The van der Waals surface area contributed by atoms with E-state index in [9.17, 15) is 8.42 Å².